The lowest BCUT2D eigenvalue weighted by molar-refractivity contribution is 0.0600. The molecular formula is C18H16FNO4. The van der Waals surface area contributed by atoms with Gasteiger partial charge < -0.3 is 9.47 Å². The molecule has 2 aromatic carbocycles. The first-order valence-electron chi connectivity index (χ1n) is 7.45. The molecule has 2 aromatic rings. The van der Waals surface area contributed by atoms with Gasteiger partial charge in [-0.3, -0.25) is 4.90 Å². The highest BCUT2D eigenvalue weighted by Crippen LogP contribution is 2.27. The van der Waals surface area contributed by atoms with Gasteiger partial charge in [-0.2, -0.15) is 0 Å². The molecule has 0 radical (unpaired) electrons. The third-order valence-electron chi connectivity index (χ3n) is 3.88. The lowest BCUT2D eigenvalue weighted by Crippen LogP contribution is -2.23. The Balaban J connectivity index is 1.66. The fourth-order valence-corrected chi connectivity index (χ4v) is 2.57. The standard InChI is InChI=1S/C18H16FNO4/c1-23-17(21)14-4-2-12(3-5-14)10-20-11-16(24-18(20)22)13-6-8-15(19)9-7-13/h2-9,16H,10-11H2,1H3. The fourth-order valence-electron chi connectivity index (χ4n) is 2.57. The van der Waals surface area contributed by atoms with Crippen LogP contribution < -0.4 is 0 Å². The minimum Gasteiger partial charge on any atom is -0.465 e. The molecular weight excluding hydrogens is 313 g/mol. The number of rotatable bonds is 4. The monoisotopic (exact) mass is 329 g/mol. The number of hydrogen-bond donors (Lipinski definition) is 0. The molecule has 1 aliphatic rings. The Morgan fingerprint density at radius 1 is 1.21 bits per heavy atom. The van der Waals surface area contributed by atoms with Crippen LogP contribution in [0.3, 0.4) is 0 Å². The third kappa shape index (κ3) is 3.37. The van der Waals surface area contributed by atoms with Crippen molar-refractivity contribution in [1.82, 2.24) is 4.90 Å². The average molecular weight is 329 g/mol. The van der Waals surface area contributed by atoms with Gasteiger partial charge in [-0.05, 0) is 35.4 Å². The summed E-state index contributed by atoms with van der Waals surface area (Å²) in [6.45, 7) is 0.765. The summed E-state index contributed by atoms with van der Waals surface area (Å²) in [5.41, 5.74) is 2.09. The zero-order chi connectivity index (χ0) is 17.1. The molecule has 1 aliphatic heterocycles. The molecule has 0 aromatic heterocycles. The van der Waals surface area contributed by atoms with Crippen LogP contribution in [0.25, 0.3) is 0 Å². The van der Waals surface area contributed by atoms with E-state index in [9.17, 15) is 14.0 Å². The average Bonchev–Trinajstić information content (AvgIpc) is 2.96. The number of ether oxygens (including phenoxy) is 2. The summed E-state index contributed by atoms with van der Waals surface area (Å²) in [5, 5.41) is 0. The molecule has 24 heavy (non-hydrogen) atoms. The first-order valence-corrected chi connectivity index (χ1v) is 7.45. The van der Waals surface area contributed by atoms with Gasteiger partial charge in [0, 0.05) is 6.54 Å². The van der Waals surface area contributed by atoms with Crippen molar-refractivity contribution in [1.29, 1.82) is 0 Å². The minimum absolute atomic E-state index is 0.328. The number of nitrogens with zero attached hydrogens (tertiary/aromatic N) is 1. The number of carbonyl (C=O) groups excluding carboxylic acids is 2. The van der Waals surface area contributed by atoms with Crippen molar-refractivity contribution < 1.29 is 23.5 Å². The molecule has 1 heterocycles. The van der Waals surface area contributed by atoms with Crippen molar-refractivity contribution in [3.05, 3.63) is 71.0 Å². The maximum absolute atomic E-state index is 13.0. The van der Waals surface area contributed by atoms with E-state index < -0.39 is 18.2 Å². The normalized spacial score (nSPS) is 16.8. The first-order chi connectivity index (χ1) is 11.6. The molecule has 124 valence electrons. The summed E-state index contributed by atoms with van der Waals surface area (Å²) < 4.78 is 23.0. The van der Waals surface area contributed by atoms with Gasteiger partial charge in [0.1, 0.15) is 11.9 Å². The molecule has 0 N–H and O–H groups in total. The summed E-state index contributed by atoms with van der Waals surface area (Å²) >= 11 is 0. The predicted molar refractivity (Wildman–Crippen MR) is 83.8 cm³/mol. The molecule has 0 aliphatic carbocycles. The quantitative estimate of drug-likeness (QED) is 0.808. The summed E-state index contributed by atoms with van der Waals surface area (Å²) in [5.74, 6) is -0.732. The smallest absolute Gasteiger partial charge is 0.410 e. The van der Waals surface area contributed by atoms with E-state index in [1.54, 1.807) is 41.3 Å². The van der Waals surface area contributed by atoms with E-state index >= 15 is 0 Å². The number of benzene rings is 2. The van der Waals surface area contributed by atoms with Crippen LogP contribution in [0.2, 0.25) is 0 Å². The van der Waals surface area contributed by atoms with Crippen molar-refractivity contribution in [3.63, 3.8) is 0 Å². The SMILES string of the molecule is COC(=O)c1ccc(CN2CC(c3ccc(F)cc3)OC2=O)cc1. The van der Waals surface area contributed by atoms with E-state index in [0.29, 0.717) is 18.7 Å². The molecule has 1 saturated heterocycles. The van der Waals surface area contributed by atoms with Gasteiger partial charge in [0.2, 0.25) is 0 Å². The van der Waals surface area contributed by atoms with Crippen molar-refractivity contribution >= 4 is 12.1 Å². The summed E-state index contributed by atoms with van der Waals surface area (Å²) in [7, 11) is 1.33. The van der Waals surface area contributed by atoms with E-state index in [2.05, 4.69) is 4.74 Å². The Hall–Kier alpha value is -2.89. The molecule has 0 spiro atoms. The van der Waals surface area contributed by atoms with E-state index in [1.165, 1.54) is 19.2 Å². The van der Waals surface area contributed by atoms with Crippen LogP contribution in [0, 0.1) is 5.82 Å². The Kier molecular flexibility index (Phi) is 4.46. The Morgan fingerprint density at radius 3 is 2.50 bits per heavy atom. The Morgan fingerprint density at radius 2 is 1.88 bits per heavy atom. The van der Waals surface area contributed by atoms with E-state index in [0.717, 1.165) is 11.1 Å². The molecule has 5 nitrogen and oxygen atoms in total. The predicted octanol–water partition coefficient (Wildman–Crippen LogP) is 3.31. The number of halogens is 1. The van der Waals surface area contributed by atoms with Crippen molar-refractivity contribution in [2.24, 2.45) is 0 Å². The molecule has 0 bridgehead atoms. The van der Waals surface area contributed by atoms with Gasteiger partial charge in [-0.1, -0.05) is 24.3 Å². The highest BCUT2D eigenvalue weighted by Gasteiger charge is 2.32. The van der Waals surface area contributed by atoms with Crippen LogP contribution in [-0.4, -0.2) is 30.6 Å². The van der Waals surface area contributed by atoms with E-state index in [4.69, 9.17) is 4.74 Å². The van der Waals surface area contributed by atoms with Crippen molar-refractivity contribution in [2.75, 3.05) is 13.7 Å². The molecule has 1 fully saturated rings. The maximum atomic E-state index is 13.0. The first kappa shape index (κ1) is 16.0. The van der Waals surface area contributed by atoms with Crippen molar-refractivity contribution in [2.45, 2.75) is 12.6 Å². The molecule has 6 heteroatoms. The van der Waals surface area contributed by atoms with E-state index in [1.807, 2.05) is 0 Å². The zero-order valence-corrected chi connectivity index (χ0v) is 13.1. The van der Waals surface area contributed by atoms with Crippen LogP contribution in [0.1, 0.15) is 27.6 Å². The van der Waals surface area contributed by atoms with Crippen LogP contribution in [-0.2, 0) is 16.0 Å². The fraction of sp³-hybridized carbons (Fsp3) is 0.222. The molecule has 3 rings (SSSR count). The zero-order valence-electron chi connectivity index (χ0n) is 13.1. The lowest BCUT2D eigenvalue weighted by Gasteiger charge is -2.13. The molecule has 1 atom stereocenters. The minimum atomic E-state index is -0.415. The number of esters is 1. The van der Waals surface area contributed by atoms with E-state index in [-0.39, 0.29) is 5.82 Å². The molecule has 0 saturated carbocycles. The topological polar surface area (TPSA) is 55.8 Å². The second kappa shape index (κ2) is 6.70. The number of carbonyl (C=O) groups is 2. The van der Waals surface area contributed by atoms with Gasteiger partial charge >= 0.3 is 12.1 Å². The van der Waals surface area contributed by atoms with Gasteiger partial charge in [-0.25, -0.2) is 14.0 Å². The highest BCUT2D eigenvalue weighted by molar-refractivity contribution is 5.89. The van der Waals surface area contributed by atoms with Gasteiger partial charge in [0.05, 0.1) is 19.2 Å². The van der Waals surface area contributed by atoms with Crippen LogP contribution in [0.5, 0.6) is 0 Å². The number of cyclic esters (lactones) is 1. The van der Waals surface area contributed by atoms with Crippen LogP contribution in [0.4, 0.5) is 9.18 Å². The number of methoxy groups -OCH3 is 1. The highest BCUT2D eigenvalue weighted by atomic mass is 19.1. The maximum Gasteiger partial charge on any atom is 0.410 e. The van der Waals surface area contributed by atoms with Crippen LogP contribution >= 0.6 is 0 Å². The Labute approximate surface area is 138 Å². The largest absolute Gasteiger partial charge is 0.465 e. The summed E-state index contributed by atoms with van der Waals surface area (Å²) in [6.07, 6.45) is -0.825. The third-order valence-corrected chi connectivity index (χ3v) is 3.88. The van der Waals surface area contributed by atoms with Gasteiger partial charge in [-0.15, -0.1) is 0 Å². The van der Waals surface area contributed by atoms with Crippen LogP contribution in [0.15, 0.2) is 48.5 Å². The lowest BCUT2D eigenvalue weighted by atomic mass is 10.1. The van der Waals surface area contributed by atoms with Crippen molar-refractivity contribution in [3.8, 4) is 0 Å². The Bertz CT molecular complexity index is 743. The molecule has 1 unspecified atom stereocenters. The number of hydrogen-bond acceptors (Lipinski definition) is 4. The number of amides is 1. The second-order valence-corrected chi connectivity index (χ2v) is 5.49. The molecule has 1 amide bonds. The second-order valence-electron chi connectivity index (χ2n) is 5.49. The summed E-state index contributed by atoms with van der Waals surface area (Å²) in [6, 6.07) is 12.8. The van der Waals surface area contributed by atoms with Gasteiger partial charge in [0.25, 0.3) is 0 Å². The summed E-state index contributed by atoms with van der Waals surface area (Å²) in [4.78, 5) is 25.0. The van der Waals surface area contributed by atoms with Gasteiger partial charge in [0.15, 0.2) is 0 Å².